The highest BCUT2D eigenvalue weighted by Crippen LogP contribution is 2.32. The summed E-state index contributed by atoms with van der Waals surface area (Å²) in [4.78, 5) is 8.40. The van der Waals surface area contributed by atoms with Gasteiger partial charge in [0.05, 0.1) is 24.3 Å². The van der Waals surface area contributed by atoms with E-state index in [1.165, 1.54) is 0 Å². The first-order valence-corrected chi connectivity index (χ1v) is 6.23. The molecule has 0 bridgehead atoms. The summed E-state index contributed by atoms with van der Waals surface area (Å²) < 4.78 is 11.1. The van der Waals surface area contributed by atoms with E-state index in [1.807, 2.05) is 12.1 Å². The van der Waals surface area contributed by atoms with E-state index in [1.54, 1.807) is 26.5 Å². The molecule has 4 nitrogen and oxygen atoms in total. The molecule has 0 radical (unpaired) electrons. The molecule has 0 aliphatic heterocycles. The number of benzene rings is 1. The highest BCUT2D eigenvalue weighted by Gasteiger charge is 2.11. The minimum Gasteiger partial charge on any atom is -0.497 e. The number of methoxy groups -OCH3 is 2. The zero-order chi connectivity index (χ0) is 13.1. The van der Waals surface area contributed by atoms with E-state index in [-0.39, 0.29) is 0 Å². The zero-order valence-electron chi connectivity index (χ0n) is 9.78. The number of hydrogen-bond acceptors (Lipinski definition) is 4. The Morgan fingerprint density at radius 3 is 2.61 bits per heavy atom. The maximum Gasteiger partial charge on any atom is 0.164 e. The minimum absolute atomic E-state index is 0.359. The van der Waals surface area contributed by atoms with Crippen LogP contribution >= 0.6 is 27.5 Å². The van der Waals surface area contributed by atoms with Gasteiger partial charge in [-0.2, -0.15) is 0 Å². The number of halogens is 2. The summed E-state index contributed by atoms with van der Waals surface area (Å²) >= 11 is 9.21. The van der Waals surface area contributed by atoms with E-state index in [2.05, 4.69) is 25.9 Å². The number of ether oxygens (including phenoxy) is 2. The third-order valence-corrected chi connectivity index (χ3v) is 3.45. The Hall–Kier alpha value is -1.33. The summed E-state index contributed by atoms with van der Waals surface area (Å²) in [5.41, 5.74) is 0.757. The average molecular weight is 330 g/mol. The van der Waals surface area contributed by atoms with Gasteiger partial charge in [0.15, 0.2) is 5.82 Å². The molecule has 0 spiro atoms. The normalized spacial score (nSPS) is 10.2. The molecular formula is C12H10BrClN2O2. The molecule has 2 rings (SSSR count). The maximum absolute atomic E-state index is 5.95. The van der Waals surface area contributed by atoms with Crippen molar-refractivity contribution in [2.45, 2.75) is 0 Å². The van der Waals surface area contributed by atoms with Crippen molar-refractivity contribution < 1.29 is 9.47 Å². The summed E-state index contributed by atoms with van der Waals surface area (Å²) in [6, 6.07) is 5.42. The Kier molecular flexibility index (Phi) is 4.04. The van der Waals surface area contributed by atoms with Crippen LogP contribution in [0.15, 0.2) is 28.9 Å². The molecule has 2 aromatic rings. The van der Waals surface area contributed by atoms with E-state index < -0.39 is 0 Å². The molecule has 0 aliphatic carbocycles. The van der Waals surface area contributed by atoms with Crippen molar-refractivity contribution in [3.63, 3.8) is 0 Å². The predicted octanol–water partition coefficient (Wildman–Crippen LogP) is 3.58. The smallest absolute Gasteiger partial charge is 0.164 e. The molecule has 0 saturated heterocycles. The van der Waals surface area contributed by atoms with Crippen LogP contribution in [0.1, 0.15) is 0 Å². The average Bonchev–Trinajstić information content (AvgIpc) is 2.41. The first-order chi connectivity index (χ1) is 8.65. The maximum atomic E-state index is 5.95. The molecule has 0 fully saturated rings. The molecule has 0 saturated carbocycles. The Morgan fingerprint density at radius 1 is 1.22 bits per heavy atom. The van der Waals surface area contributed by atoms with Crippen LogP contribution < -0.4 is 9.47 Å². The van der Waals surface area contributed by atoms with Crippen LogP contribution in [-0.2, 0) is 0 Å². The molecule has 0 unspecified atom stereocenters. The molecule has 0 amide bonds. The molecule has 1 aromatic carbocycles. The molecule has 94 valence electrons. The summed E-state index contributed by atoms with van der Waals surface area (Å²) in [6.07, 6.45) is 1.61. The van der Waals surface area contributed by atoms with Gasteiger partial charge in [-0.3, -0.25) is 0 Å². The largest absolute Gasteiger partial charge is 0.497 e. The highest BCUT2D eigenvalue weighted by atomic mass is 79.9. The van der Waals surface area contributed by atoms with Gasteiger partial charge < -0.3 is 9.47 Å². The van der Waals surface area contributed by atoms with Gasteiger partial charge in [-0.25, -0.2) is 9.97 Å². The lowest BCUT2D eigenvalue weighted by molar-refractivity contribution is 0.395. The fraction of sp³-hybridized carbons (Fsp3) is 0.167. The van der Waals surface area contributed by atoms with Gasteiger partial charge >= 0.3 is 0 Å². The van der Waals surface area contributed by atoms with Crippen LogP contribution in [0, 0.1) is 0 Å². The summed E-state index contributed by atoms with van der Waals surface area (Å²) in [5.74, 6) is 1.84. The zero-order valence-corrected chi connectivity index (χ0v) is 12.1. The first kappa shape index (κ1) is 13.1. The highest BCUT2D eigenvalue weighted by molar-refractivity contribution is 9.10. The third-order valence-electron chi connectivity index (χ3n) is 2.35. The SMILES string of the molecule is COc1ccc(-c2ncc(Br)c(Cl)n2)c(OC)c1. The van der Waals surface area contributed by atoms with Gasteiger partial charge in [-0.1, -0.05) is 11.6 Å². The molecule has 6 heteroatoms. The van der Waals surface area contributed by atoms with Gasteiger partial charge in [0.1, 0.15) is 16.7 Å². The van der Waals surface area contributed by atoms with E-state index in [4.69, 9.17) is 21.1 Å². The van der Waals surface area contributed by atoms with Crippen LogP contribution in [0.4, 0.5) is 0 Å². The summed E-state index contributed by atoms with van der Waals surface area (Å²) in [5, 5.41) is 0.359. The second-order valence-electron chi connectivity index (χ2n) is 3.40. The van der Waals surface area contributed by atoms with Crippen LogP contribution in [0.5, 0.6) is 11.5 Å². The van der Waals surface area contributed by atoms with Crippen molar-refractivity contribution >= 4 is 27.5 Å². The van der Waals surface area contributed by atoms with Crippen LogP contribution in [0.2, 0.25) is 5.15 Å². The van der Waals surface area contributed by atoms with Crippen LogP contribution in [-0.4, -0.2) is 24.2 Å². The van der Waals surface area contributed by atoms with Crippen LogP contribution in [0.25, 0.3) is 11.4 Å². The first-order valence-electron chi connectivity index (χ1n) is 5.06. The Labute approximate surface area is 118 Å². The lowest BCUT2D eigenvalue weighted by Gasteiger charge is -2.09. The summed E-state index contributed by atoms with van der Waals surface area (Å²) in [7, 11) is 3.18. The number of hydrogen-bond donors (Lipinski definition) is 0. The molecular weight excluding hydrogens is 320 g/mol. The van der Waals surface area contributed by atoms with Gasteiger partial charge in [-0.15, -0.1) is 0 Å². The van der Waals surface area contributed by atoms with Gasteiger partial charge in [0.25, 0.3) is 0 Å². The number of aromatic nitrogens is 2. The van der Waals surface area contributed by atoms with Gasteiger partial charge in [-0.05, 0) is 28.1 Å². The van der Waals surface area contributed by atoms with Gasteiger partial charge in [0.2, 0.25) is 0 Å². The molecule has 0 N–H and O–H groups in total. The topological polar surface area (TPSA) is 44.2 Å². The van der Waals surface area contributed by atoms with Crippen molar-refractivity contribution in [2.75, 3.05) is 14.2 Å². The molecule has 1 heterocycles. The Balaban J connectivity index is 2.52. The van der Waals surface area contributed by atoms with Gasteiger partial charge in [0, 0.05) is 12.3 Å². The van der Waals surface area contributed by atoms with Crippen molar-refractivity contribution in [2.24, 2.45) is 0 Å². The fourth-order valence-electron chi connectivity index (χ4n) is 1.46. The lowest BCUT2D eigenvalue weighted by atomic mass is 10.2. The number of nitrogens with zero attached hydrogens (tertiary/aromatic N) is 2. The van der Waals surface area contributed by atoms with Crippen molar-refractivity contribution in [1.29, 1.82) is 0 Å². The van der Waals surface area contributed by atoms with E-state index in [0.717, 1.165) is 5.56 Å². The molecule has 1 aromatic heterocycles. The molecule has 0 atom stereocenters. The van der Waals surface area contributed by atoms with E-state index in [0.29, 0.717) is 26.9 Å². The molecule has 18 heavy (non-hydrogen) atoms. The standard InChI is InChI=1S/C12H10BrClN2O2/c1-17-7-3-4-8(10(5-7)18-2)12-15-6-9(13)11(14)16-12/h3-6H,1-2H3. The lowest BCUT2D eigenvalue weighted by Crippen LogP contribution is -1.94. The van der Waals surface area contributed by atoms with Crippen molar-refractivity contribution in [3.8, 4) is 22.9 Å². The number of rotatable bonds is 3. The Bertz CT molecular complexity index is 578. The van der Waals surface area contributed by atoms with Crippen molar-refractivity contribution in [3.05, 3.63) is 34.0 Å². The minimum atomic E-state index is 0.359. The second-order valence-corrected chi connectivity index (χ2v) is 4.61. The quantitative estimate of drug-likeness (QED) is 0.807. The monoisotopic (exact) mass is 328 g/mol. The predicted molar refractivity (Wildman–Crippen MR) is 73.3 cm³/mol. The molecule has 0 aliphatic rings. The van der Waals surface area contributed by atoms with Crippen LogP contribution in [0.3, 0.4) is 0 Å². The second kappa shape index (κ2) is 5.54. The Morgan fingerprint density at radius 2 is 2.00 bits per heavy atom. The van der Waals surface area contributed by atoms with E-state index >= 15 is 0 Å². The fourth-order valence-corrected chi connectivity index (χ4v) is 1.78. The summed E-state index contributed by atoms with van der Waals surface area (Å²) in [6.45, 7) is 0. The van der Waals surface area contributed by atoms with Crippen molar-refractivity contribution in [1.82, 2.24) is 9.97 Å². The third kappa shape index (κ3) is 2.57. The van der Waals surface area contributed by atoms with E-state index in [9.17, 15) is 0 Å².